The van der Waals surface area contributed by atoms with Crippen molar-refractivity contribution in [1.29, 1.82) is 0 Å². The van der Waals surface area contributed by atoms with Gasteiger partial charge in [0.2, 0.25) is 5.91 Å². The molecule has 1 N–H and O–H groups in total. The van der Waals surface area contributed by atoms with Gasteiger partial charge in [0.05, 0.1) is 12.3 Å². The Labute approximate surface area is 136 Å². The number of thioether (sulfide) groups is 1. The van der Waals surface area contributed by atoms with Crippen molar-refractivity contribution < 1.29 is 9.53 Å². The fourth-order valence-corrected chi connectivity index (χ4v) is 3.18. The van der Waals surface area contributed by atoms with Crippen LogP contribution in [-0.2, 0) is 4.79 Å². The minimum Gasteiger partial charge on any atom is -0.492 e. The highest BCUT2D eigenvalue weighted by Gasteiger charge is 2.06. The predicted octanol–water partition coefficient (Wildman–Crippen LogP) is 2.79. The lowest BCUT2D eigenvalue weighted by atomic mass is 10.3. The Hall–Kier alpha value is -1.31. The lowest BCUT2D eigenvalue weighted by molar-refractivity contribution is -0.118. The van der Waals surface area contributed by atoms with Crippen LogP contribution >= 0.6 is 34.7 Å². The topological polar surface area (TPSA) is 64.1 Å². The van der Waals surface area contributed by atoms with Crippen LogP contribution in [0.2, 0.25) is 5.02 Å². The Balaban J connectivity index is 1.59. The largest absolute Gasteiger partial charge is 0.492 e. The molecule has 0 aliphatic rings. The van der Waals surface area contributed by atoms with E-state index in [2.05, 4.69) is 15.5 Å². The maximum Gasteiger partial charge on any atom is 0.230 e. The molecule has 21 heavy (non-hydrogen) atoms. The number of carbonyl (C=O) groups excluding carboxylic acids is 1. The first kappa shape index (κ1) is 16.1. The zero-order valence-electron chi connectivity index (χ0n) is 11.3. The lowest BCUT2D eigenvalue weighted by Gasteiger charge is -2.07. The van der Waals surface area contributed by atoms with Gasteiger partial charge in [0.25, 0.3) is 0 Å². The fraction of sp³-hybridized carbons (Fsp3) is 0.308. The number of carbonyl (C=O) groups is 1. The number of benzene rings is 1. The summed E-state index contributed by atoms with van der Waals surface area (Å²) >= 11 is 8.64. The summed E-state index contributed by atoms with van der Waals surface area (Å²) in [6, 6.07) is 7.10. The van der Waals surface area contributed by atoms with E-state index in [0.29, 0.717) is 23.9 Å². The summed E-state index contributed by atoms with van der Waals surface area (Å²) in [4.78, 5) is 11.6. The van der Waals surface area contributed by atoms with E-state index in [9.17, 15) is 4.79 Å². The van der Waals surface area contributed by atoms with E-state index in [-0.39, 0.29) is 5.91 Å². The molecule has 0 bridgehead atoms. The minimum absolute atomic E-state index is 0.0486. The molecular weight excluding hydrogens is 330 g/mol. The molecule has 8 heteroatoms. The number of aryl methyl sites for hydroxylation is 1. The number of hydrogen-bond donors (Lipinski definition) is 1. The average molecular weight is 344 g/mol. The van der Waals surface area contributed by atoms with Gasteiger partial charge in [-0.05, 0) is 31.2 Å². The molecule has 0 saturated heterocycles. The molecule has 0 spiro atoms. The second-order valence-corrected chi connectivity index (χ2v) is 6.87. The summed E-state index contributed by atoms with van der Waals surface area (Å²) < 4.78 is 6.28. The Bertz CT molecular complexity index is 589. The van der Waals surface area contributed by atoms with Crippen molar-refractivity contribution >= 4 is 40.6 Å². The van der Waals surface area contributed by atoms with Crippen LogP contribution < -0.4 is 10.1 Å². The number of hydrogen-bond acceptors (Lipinski definition) is 6. The van der Waals surface area contributed by atoms with Crippen molar-refractivity contribution in [3.63, 3.8) is 0 Å². The highest BCUT2D eigenvalue weighted by Crippen LogP contribution is 2.21. The van der Waals surface area contributed by atoms with Gasteiger partial charge in [-0.1, -0.05) is 34.7 Å². The minimum atomic E-state index is -0.0486. The van der Waals surface area contributed by atoms with E-state index in [1.54, 1.807) is 24.3 Å². The third-order valence-corrected chi connectivity index (χ3v) is 4.56. The molecule has 0 aliphatic heterocycles. The van der Waals surface area contributed by atoms with Crippen LogP contribution in [-0.4, -0.2) is 35.0 Å². The van der Waals surface area contributed by atoms with Gasteiger partial charge in [-0.25, -0.2) is 0 Å². The number of halogens is 1. The third kappa shape index (κ3) is 5.91. The summed E-state index contributed by atoms with van der Waals surface area (Å²) in [5.41, 5.74) is 0. The Kier molecular flexibility index (Phi) is 6.28. The highest BCUT2D eigenvalue weighted by atomic mass is 35.5. The maximum absolute atomic E-state index is 11.6. The molecular formula is C13H14ClN3O2S2. The summed E-state index contributed by atoms with van der Waals surface area (Å²) in [6.07, 6.45) is 0. The SMILES string of the molecule is Cc1nnc(SCC(=O)NCCOc2ccc(Cl)cc2)s1. The first-order valence-electron chi connectivity index (χ1n) is 6.21. The standard InChI is InChI=1S/C13H14ClN3O2S2/c1-9-16-17-13(21-9)20-8-12(18)15-6-7-19-11-4-2-10(14)3-5-11/h2-5H,6-8H2,1H3,(H,15,18). The van der Waals surface area contributed by atoms with E-state index in [1.165, 1.54) is 23.1 Å². The van der Waals surface area contributed by atoms with Crippen LogP contribution in [0.25, 0.3) is 0 Å². The number of ether oxygens (including phenoxy) is 1. The Morgan fingerprint density at radius 2 is 2.14 bits per heavy atom. The Morgan fingerprint density at radius 3 is 2.81 bits per heavy atom. The molecule has 112 valence electrons. The normalized spacial score (nSPS) is 10.4. The molecule has 5 nitrogen and oxygen atoms in total. The molecule has 0 saturated carbocycles. The van der Waals surface area contributed by atoms with Crippen LogP contribution in [0.1, 0.15) is 5.01 Å². The Morgan fingerprint density at radius 1 is 1.38 bits per heavy atom. The number of amides is 1. The van der Waals surface area contributed by atoms with Gasteiger partial charge in [0.1, 0.15) is 17.4 Å². The van der Waals surface area contributed by atoms with E-state index >= 15 is 0 Å². The zero-order valence-corrected chi connectivity index (χ0v) is 13.7. The third-order valence-electron chi connectivity index (χ3n) is 2.34. The van der Waals surface area contributed by atoms with E-state index in [0.717, 1.165) is 15.1 Å². The van der Waals surface area contributed by atoms with Crippen molar-refractivity contribution in [3.05, 3.63) is 34.3 Å². The molecule has 1 amide bonds. The van der Waals surface area contributed by atoms with Gasteiger partial charge >= 0.3 is 0 Å². The van der Waals surface area contributed by atoms with Crippen LogP contribution in [0.3, 0.4) is 0 Å². The summed E-state index contributed by atoms with van der Waals surface area (Å²) in [5, 5.41) is 12.2. The highest BCUT2D eigenvalue weighted by molar-refractivity contribution is 8.01. The number of nitrogens with zero attached hydrogens (tertiary/aromatic N) is 2. The van der Waals surface area contributed by atoms with Gasteiger partial charge in [-0.15, -0.1) is 10.2 Å². The predicted molar refractivity (Wildman–Crippen MR) is 85.3 cm³/mol. The molecule has 1 aromatic heterocycles. The second-order valence-electron chi connectivity index (χ2n) is 4.03. The van der Waals surface area contributed by atoms with Gasteiger partial charge in [0.15, 0.2) is 4.34 Å². The molecule has 2 aromatic rings. The zero-order chi connectivity index (χ0) is 15.1. The van der Waals surface area contributed by atoms with Crippen LogP contribution in [0.5, 0.6) is 5.75 Å². The molecule has 2 rings (SSSR count). The first-order valence-corrected chi connectivity index (χ1v) is 8.39. The van der Waals surface area contributed by atoms with E-state index < -0.39 is 0 Å². The number of rotatable bonds is 7. The summed E-state index contributed by atoms with van der Waals surface area (Å²) in [7, 11) is 0. The quantitative estimate of drug-likeness (QED) is 0.618. The number of nitrogens with one attached hydrogen (secondary N) is 1. The van der Waals surface area contributed by atoms with Gasteiger partial charge in [-0.3, -0.25) is 4.79 Å². The van der Waals surface area contributed by atoms with E-state index in [1.807, 2.05) is 6.92 Å². The van der Waals surface area contributed by atoms with Crippen molar-refractivity contribution in [3.8, 4) is 5.75 Å². The fourth-order valence-electron chi connectivity index (χ4n) is 1.41. The maximum atomic E-state index is 11.6. The molecule has 0 radical (unpaired) electrons. The molecule has 0 aliphatic carbocycles. The molecule has 0 fully saturated rings. The first-order chi connectivity index (χ1) is 10.1. The van der Waals surface area contributed by atoms with Crippen LogP contribution in [0.15, 0.2) is 28.6 Å². The van der Waals surface area contributed by atoms with Crippen molar-refractivity contribution in [2.24, 2.45) is 0 Å². The summed E-state index contributed by atoms with van der Waals surface area (Å²) in [6.45, 7) is 2.75. The average Bonchev–Trinajstić information content (AvgIpc) is 2.89. The second kappa shape index (κ2) is 8.21. The molecule has 1 heterocycles. The monoisotopic (exact) mass is 343 g/mol. The molecule has 1 aromatic carbocycles. The van der Waals surface area contributed by atoms with Gasteiger partial charge < -0.3 is 10.1 Å². The lowest BCUT2D eigenvalue weighted by Crippen LogP contribution is -2.29. The summed E-state index contributed by atoms with van der Waals surface area (Å²) in [5.74, 6) is 1.01. The van der Waals surface area contributed by atoms with E-state index in [4.69, 9.17) is 16.3 Å². The molecule has 0 unspecified atom stereocenters. The smallest absolute Gasteiger partial charge is 0.230 e. The molecule has 0 atom stereocenters. The van der Waals surface area contributed by atoms with Crippen LogP contribution in [0, 0.1) is 6.92 Å². The van der Waals surface area contributed by atoms with Gasteiger partial charge in [0, 0.05) is 5.02 Å². The van der Waals surface area contributed by atoms with Gasteiger partial charge in [-0.2, -0.15) is 0 Å². The van der Waals surface area contributed by atoms with Crippen molar-refractivity contribution in [2.45, 2.75) is 11.3 Å². The van der Waals surface area contributed by atoms with Crippen molar-refractivity contribution in [2.75, 3.05) is 18.9 Å². The van der Waals surface area contributed by atoms with Crippen LogP contribution in [0.4, 0.5) is 0 Å². The van der Waals surface area contributed by atoms with Crippen molar-refractivity contribution in [1.82, 2.24) is 15.5 Å². The number of aromatic nitrogens is 2.